The zero-order valence-corrected chi connectivity index (χ0v) is 24.4. The summed E-state index contributed by atoms with van der Waals surface area (Å²) in [5.74, 6) is -0.128. The quantitative estimate of drug-likeness (QED) is 0.494. The Kier molecular flexibility index (Phi) is 6.46. The summed E-state index contributed by atoms with van der Waals surface area (Å²) in [6.07, 6.45) is 9.22. The molecule has 5 aliphatic rings. The van der Waals surface area contributed by atoms with E-state index in [9.17, 15) is 15.0 Å². The zero-order valence-electron chi connectivity index (χ0n) is 24.4. The topological polar surface area (TPSA) is 85.2 Å². The van der Waals surface area contributed by atoms with Crippen LogP contribution in [0.15, 0.2) is 11.6 Å². The average Bonchev–Trinajstić information content (AvgIpc) is 3.23. The molecule has 0 aromatic carbocycles. The van der Waals surface area contributed by atoms with Crippen molar-refractivity contribution in [1.82, 2.24) is 0 Å². The molecule has 37 heavy (non-hydrogen) atoms. The molecule has 2 N–H and O–H groups in total. The number of fused-ring (bicyclic) bond motifs is 6. The Hall–Kier alpha value is -0.790. The molecule has 4 aliphatic carbocycles. The van der Waals surface area contributed by atoms with E-state index in [0.29, 0.717) is 12.8 Å². The SMILES string of the molecule is COC12CCC([C@@](C)(O)CCCC(C)(C)O)C1(C)CCC1C2=CC(=O)C2C[C@H]3OC(C)(C)O[C@H]3CC21C. The van der Waals surface area contributed by atoms with Gasteiger partial charge in [0.05, 0.1) is 29.0 Å². The molecule has 0 bridgehead atoms. The van der Waals surface area contributed by atoms with Gasteiger partial charge in [0, 0.05) is 18.4 Å². The van der Waals surface area contributed by atoms with Gasteiger partial charge in [-0.3, -0.25) is 4.79 Å². The van der Waals surface area contributed by atoms with Gasteiger partial charge in [0.1, 0.15) is 0 Å². The summed E-state index contributed by atoms with van der Waals surface area (Å²) < 4.78 is 19.1. The minimum absolute atomic E-state index is 0.0167. The highest BCUT2D eigenvalue weighted by Crippen LogP contribution is 2.70. The molecule has 9 atom stereocenters. The monoisotopic (exact) mass is 518 g/mol. The van der Waals surface area contributed by atoms with Crippen molar-refractivity contribution in [2.45, 2.75) is 141 Å². The maximum atomic E-state index is 13.8. The Morgan fingerprint density at radius 2 is 1.68 bits per heavy atom. The largest absolute Gasteiger partial charge is 0.390 e. The van der Waals surface area contributed by atoms with Gasteiger partial charge in [0.25, 0.3) is 0 Å². The van der Waals surface area contributed by atoms with Crippen LogP contribution in [0.2, 0.25) is 0 Å². The Balaban J connectivity index is 1.46. The molecule has 1 aliphatic heterocycles. The van der Waals surface area contributed by atoms with Gasteiger partial charge >= 0.3 is 0 Å². The molecule has 0 aromatic heterocycles. The number of ether oxygens (including phenoxy) is 3. The van der Waals surface area contributed by atoms with Crippen LogP contribution in [0.5, 0.6) is 0 Å². The smallest absolute Gasteiger partial charge is 0.163 e. The first kappa shape index (κ1) is 27.8. The molecule has 0 aromatic rings. The van der Waals surface area contributed by atoms with Crippen LogP contribution in [0.4, 0.5) is 0 Å². The van der Waals surface area contributed by atoms with E-state index in [1.807, 2.05) is 40.7 Å². The van der Waals surface area contributed by atoms with Crippen molar-refractivity contribution in [2.24, 2.45) is 28.6 Å². The van der Waals surface area contributed by atoms with Crippen molar-refractivity contribution < 1.29 is 29.2 Å². The van der Waals surface area contributed by atoms with Crippen molar-refractivity contribution in [2.75, 3.05) is 7.11 Å². The number of hydrogen-bond acceptors (Lipinski definition) is 6. The Bertz CT molecular complexity index is 961. The number of carbonyl (C=O) groups is 1. The van der Waals surface area contributed by atoms with E-state index in [-0.39, 0.29) is 46.6 Å². The van der Waals surface area contributed by atoms with Gasteiger partial charge in [-0.2, -0.15) is 0 Å². The van der Waals surface area contributed by atoms with Crippen LogP contribution < -0.4 is 0 Å². The maximum absolute atomic E-state index is 13.8. The van der Waals surface area contributed by atoms with Gasteiger partial charge in [-0.15, -0.1) is 0 Å². The van der Waals surface area contributed by atoms with Crippen LogP contribution >= 0.6 is 0 Å². The molecule has 210 valence electrons. The molecule has 5 rings (SSSR count). The fourth-order valence-corrected chi connectivity index (χ4v) is 9.81. The second-order valence-electron chi connectivity index (χ2n) is 14.9. The van der Waals surface area contributed by atoms with E-state index >= 15 is 0 Å². The van der Waals surface area contributed by atoms with Crippen LogP contribution in [0.1, 0.15) is 106 Å². The minimum atomic E-state index is -0.864. The van der Waals surface area contributed by atoms with Crippen molar-refractivity contribution >= 4 is 5.78 Å². The second-order valence-corrected chi connectivity index (χ2v) is 14.9. The maximum Gasteiger partial charge on any atom is 0.163 e. The predicted molar refractivity (Wildman–Crippen MR) is 142 cm³/mol. The van der Waals surface area contributed by atoms with Gasteiger partial charge in [-0.1, -0.05) is 13.8 Å². The molecule has 1 heterocycles. The molecule has 6 nitrogen and oxygen atoms in total. The fraction of sp³-hybridized carbons (Fsp3) is 0.903. The van der Waals surface area contributed by atoms with Crippen LogP contribution in [0.3, 0.4) is 0 Å². The summed E-state index contributed by atoms with van der Waals surface area (Å²) in [7, 11) is 1.80. The van der Waals surface area contributed by atoms with Gasteiger partial charge < -0.3 is 24.4 Å². The zero-order chi connectivity index (χ0) is 27.2. The van der Waals surface area contributed by atoms with E-state index in [4.69, 9.17) is 14.2 Å². The molecule has 0 spiro atoms. The molecular weight excluding hydrogens is 468 g/mol. The van der Waals surface area contributed by atoms with Crippen LogP contribution in [-0.4, -0.2) is 57.9 Å². The predicted octanol–water partition coefficient (Wildman–Crippen LogP) is 5.34. The number of methoxy groups -OCH3 is 1. The Morgan fingerprint density at radius 1 is 1.00 bits per heavy atom. The third-order valence-electron chi connectivity index (χ3n) is 11.5. The summed E-state index contributed by atoms with van der Waals surface area (Å²) in [4.78, 5) is 13.8. The number of ketones is 1. The first-order valence-corrected chi connectivity index (χ1v) is 14.6. The first-order valence-electron chi connectivity index (χ1n) is 14.6. The average molecular weight is 519 g/mol. The van der Waals surface area contributed by atoms with Crippen LogP contribution in [0, 0.1) is 28.6 Å². The molecular formula is C31H50O6. The molecule has 1 saturated heterocycles. The van der Waals surface area contributed by atoms with Gasteiger partial charge in [-0.05, 0) is 121 Å². The number of rotatable bonds is 6. The van der Waals surface area contributed by atoms with E-state index in [2.05, 4.69) is 13.8 Å². The number of aliphatic hydroxyl groups is 2. The molecule has 3 saturated carbocycles. The second kappa shape index (κ2) is 8.60. The summed E-state index contributed by atoms with van der Waals surface area (Å²) in [5.41, 5.74) is -1.43. The molecule has 0 amide bonds. The third kappa shape index (κ3) is 4.20. The Morgan fingerprint density at radius 3 is 2.32 bits per heavy atom. The number of carbonyl (C=O) groups excluding carboxylic acids is 1. The summed E-state index contributed by atoms with van der Waals surface area (Å²) >= 11 is 0. The fourth-order valence-electron chi connectivity index (χ4n) is 9.81. The lowest BCUT2D eigenvalue weighted by molar-refractivity contribution is -0.162. The molecule has 6 heteroatoms. The third-order valence-corrected chi connectivity index (χ3v) is 11.5. The molecule has 6 unspecified atom stereocenters. The highest BCUT2D eigenvalue weighted by atomic mass is 16.7. The van der Waals surface area contributed by atoms with E-state index in [1.54, 1.807) is 7.11 Å². The van der Waals surface area contributed by atoms with Crippen molar-refractivity contribution in [3.63, 3.8) is 0 Å². The number of allylic oxidation sites excluding steroid dienone is 1. The number of hydrogen-bond donors (Lipinski definition) is 2. The van der Waals surface area contributed by atoms with Gasteiger partial charge in [0.2, 0.25) is 0 Å². The molecule has 4 fully saturated rings. The van der Waals surface area contributed by atoms with Crippen LogP contribution in [0.25, 0.3) is 0 Å². The van der Waals surface area contributed by atoms with E-state index in [0.717, 1.165) is 44.9 Å². The molecule has 0 radical (unpaired) electrons. The lowest BCUT2D eigenvalue weighted by Crippen LogP contribution is -2.62. The van der Waals surface area contributed by atoms with Crippen molar-refractivity contribution in [3.05, 3.63) is 11.6 Å². The summed E-state index contributed by atoms with van der Waals surface area (Å²) in [6, 6.07) is 0. The lowest BCUT2D eigenvalue weighted by Gasteiger charge is -2.61. The standard InChI is InChI=1S/C31H50O6/c1-26(2,33)12-9-13-30(7,34)25-11-15-31(35-8)20-16-22(32)21-17-23-24(37-27(3,4)36-23)18-28(21,5)19(20)10-14-29(25,31)6/h16,19,21,23-25,33-34H,9-15,17-18H2,1-8H3/t19?,21?,23-,24+,25?,28?,29?,30+,31?/m1/s1. The van der Waals surface area contributed by atoms with Crippen molar-refractivity contribution in [1.29, 1.82) is 0 Å². The Labute approximate surface area is 223 Å². The van der Waals surface area contributed by atoms with Gasteiger partial charge in [-0.25, -0.2) is 0 Å². The highest BCUT2D eigenvalue weighted by molar-refractivity contribution is 5.95. The van der Waals surface area contributed by atoms with E-state index < -0.39 is 22.6 Å². The van der Waals surface area contributed by atoms with Gasteiger partial charge in [0.15, 0.2) is 11.6 Å². The first-order chi connectivity index (χ1) is 17.0. The minimum Gasteiger partial charge on any atom is -0.390 e. The normalized spacial score (nSPS) is 46.4. The van der Waals surface area contributed by atoms with E-state index in [1.165, 1.54) is 5.57 Å². The highest BCUT2D eigenvalue weighted by Gasteiger charge is 2.69. The van der Waals surface area contributed by atoms with Crippen molar-refractivity contribution in [3.8, 4) is 0 Å². The summed E-state index contributed by atoms with van der Waals surface area (Å²) in [5, 5.41) is 22.0. The lowest BCUT2D eigenvalue weighted by atomic mass is 9.45. The van der Waals surface area contributed by atoms with Crippen LogP contribution in [-0.2, 0) is 19.0 Å². The summed E-state index contributed by atoms with van der Waals surface area (Å²) in [6.45, 7) is 14.2.